The number of carbonyl (C=O) groups excluding carboxylic acids is 3. The molecule has 0 radical (unpaired) electrons. The van der Waals surface area contributed by atoms with E-state index in [1.807, 2.05) is 17.6 Å². The number of hydrazine groups is 1. The Bertz CT molecular complexity index is 659. The van der Waals surface area contributed by atoms with E-state index in [4.69, 9.17) is 15.3 Å². The number of ether oxygens (including phenoxy) is 2. The summed E-state index contributed by atoms with van der Waals surface area (Å²) in [6.45, 7) is 2.13. The third kappa shape index (κ3) is 6.14. The average Bonchev–Trinajstić information content (AvgIpc) is 2.72. The van der Waals surface area contributed by atoms with Crippen molar-refractivity contribution >= 4 is 17.7 Å². The van der Waals surface area contributed by atoms with Gasteiger partial charge in [-0.1, -0.05) is 12.1 Å². The van der Waals surface area contributed by atoms with Crippen molar-refractivity contribution in [3.8, 4) is 11.5 Å². The molecule has 2 rings (SSSR count). The molecule has 0 aliphatic carbocycles. The molecule has 3 N–H and O–H groups in total. The van der Waals surface area contributed by atoms with E-state index in [1.165, 1.54) is 0 Å². The molecular formula is C18H26N4O5. The number of carbonyl (C=O) groups is 3. The lowest BCUT2D eigenvalue weighted by Crippen LogP contribution is -2.50. The Kier molecular flexibility index (Phi) is 7.87. The summed E-state index contributed by atoms with van der Waals surface area (Å²) in [5.74, 6) is 5.73. The number of methoxy groups -OCH3 is 1. The highest BCUT2D eigenvalue weighted by Crippen LogP contribution is 2.25. The van der Waals surface area contributed by atoms with Gasteiger partial charge in [0.1, 0.15) is 0 Å². The van der Waals surface area contributed by atoms with Gasteiger partial charge in [0.15, 0.2) is 11.5 Å². The monoisotopic (exact) mass is 378 g/mol. The van der Waals surface area contributed by atoms with Crippen LogP contribution in [0.2, 0.25) is 0 Å². The zero-order valence-electron chi connectivity index (χ0n) is 15.5. The number of benzene rings is 1. The zero-order chi connectivity index (χ0) is 19.6. The van der Waals surface area contributed by atoms with Crippen molar-refractivity contribution in [2.45, 2.75) is 19.3 Å². The number of nitrogens with zero attached hydrogens (tertiary/aromatic N) is 2. The van der Waals surface area contributed by atoms with Crippen molar-refractivity contribution < 1.29 is 23.9 Å². The Morgan fingerprint density at radius 3 is 2.07 bits per heavy atom. The molecule has 1 saturated heterocycles. The fourth-order valence-electron chi connectivity index (χ4n) is 2.80. The number of hydrogen-bond donors (Lipinski definition) is 2. The number of rotatable bonds is 8. The molecule has 1 aromatic carbocycles. The van der Waals surface area contributed by atoms with E-state index >= 15 is 0 Å². The first kappa shape index (κ1) is 20.5. The quantitative estimate of drug-likeness (QED) is 0.371. The third-order valence-corrected chi connectivity index (χ3v) is 4.35. The molecule has 1 aliphatic rings. The molecular weight excluding hydrogens is 352 g/mol. The van der Waals surface area contributed by atoms with Crippen LogP contribution in [0.3, 0.4) is 0 Å². The summed E-state index contributed by atoms with van der Waals surface area (Å²) in [6.07, 6.45) is 0.432. The molecule has 0 aromatic heterocycles. The maximum atomic E-state index is 12.3. The van der Waals surface area contributed by atoms with Crippen molar-refractivity contribution in [3.63, 3.8) is 0 Å². The van der Waals surface area contributed by atoms with Crippen LogP contribution in [0.5, 0.6) is 11.5 Å². The van der Waals surface area contributed by atoms with E-state index in [2.05, 4.69) is 0 Å². The second-order valence-corrected chi connectivity index (χ2v) is 6.08. The van der Waals surface area contributed by atoms with Crippen LogP contribution in [-0.4, -0.2) is 67.4 Å². The van der Waals surface area contributed by atoms with Gasteiger partial charge in [0.25, 0.3) is 0 Å². The molecule has 148 valence electrons. The first-order chi connectivity index (χ1) is 13.0. The van der Waals surface area contributed by atoms with E-state index in [0.29, 0.717) is 37.7 Å². The number of nitrogens with one attached hydrogen (secondary N) is 1. The van der Waals surface area contributed by atoms with Crippen LogP contribution in [0, 0.1) is 0 Å². The fraction of sp³-hybridized carbons (Fsp3) is 0.500. The molecule has 1 aliphatic heterocycles. The van der Waals surface area contributed by atoms with Crippen molar-refractivity contribution in [1.29, 1.82) is 0 Å². The van der Waals surface area contributed by atoms with Crippen LogP contribution in [0.1, 0.15) is 19.3 Å². The Morgan fingerprint density at radius 1 is 0.963 bits per heavy atom. The molecule has 0 atom stereocenters. The van der Waals surface area contributed by atoms with Crippen LogP contribution in [-0.2, 0) is 14.4 Å². The topological polar surface area (TPSA) is 114 Å². The first-order valence-corrected chi connectivity index (χ1v) is 8.86. The Labute approximate surface area is 158 Å². The summed E-state index contributed by atoms with van der Waals surface area (Å²) in [7, 11) is 1.57. The van der Waals surface area contributed by atoms with Gasteiger partial charge in [0.05, 0.1) is 20.1 Å². The van der Waals surface area contributed by atoms with Gasteiger partial charge in [-0.2, -0.15) is 0 Å². The Balaban J connectivity index is 1.70. The van der Waals surface area contributed by atoms with Crippen LogP contribution in [0.4, 0.5) is 0 Å². The van der Waals surface area contributed by atoms with Crippen molar-refractivity contribution in [2.75, 3.05) is 39.9 Å². The van der Waals surface area contributed by atoms with E-state index in [-0.39, 0.29) is 43.6 Å². The lowest BCUT2D eigenvalue weighted by molar-refractivity contribution is -0.140. The number of piperazine rings is 1. The van der Waals surface area contributed by atoms with Gasteiger partial charge < -0.3 is 19.3 Å². The van der Waals surface area contributed by atoms with E-state index in [0.717, 1.165) is 0 Å². The molecule has 27 heavy (non-hydrogen) atoms. The minimum Gasteiger partial charge on any atom is -0.493 e. The maximum absolute atomic E-state index is 12.3. The third-order valence-electron chi connectivity index (χ3n) is 4.35. The van der Waals surface area contributed by atoms with Gasteiger partial charge in [-0.3, -0.25) is 19.8 Å². The van der Waals surface area contributed by atoms with Crippen LogP contribution in [0.15, 0.2) is 24.3 Å². The molecule has 9 heteroatoms. The SMILES string of the molecule is COc1ccccc1OCCC(=O)N1CCN(C(=O)CCC(=O)NN)CC1. The van der Waals surface area contributed by atoms with Crippen molar-refractivity contribution in [3.05, 3.63) is 24.3 Å². The highest BCUT2D eigenvalue weighted by molar-refractivity contribution is 5.83. The van der Waals surface area contributed by atoms with E-state index in [9.17, 15) is 14.4 Å². The largest absolute Gasteiger partial charge is 0.493 e. The first-order valence-electron chi connectivity index (χ1n) is 8.86. The van der Waals surface area contributed by atoms with Crippen molar-refractivity contribution in [1.82, 2.24) is 15.2 Å². The van der Waals surface area contributed by atoms with Gasteiger partial charge in [-0.15, -0.1) is 0 Å². The minimum atomic E-state index is -0.368. The van der Waals surface area contributed by atoms with Crippen LogP contribution < -0.4 is 20.7 Å². The Hall–Kier alpha value is -2.81. The number of amides is 3. The molecule has 0 spiro atoms. The molecule has 9 nitrogen and oxygen atoms in total. The van der Waals surface area contributed by atoms with Crippen LogP contribution >= 0.6 is 0 Å². The minimum absolute atomic E-state index is 0.0143. The van der Waals surface area contributed by atoms with E-state index < -0.39 is 0 Å². The highest BCUT2D eigenvalue weighted by atomic mass is 16.5. The summed E-state index contributed by atoms with van der Waals surface area (Å²) in [4.78, 5) is 38.9. The molecule has 1 heterocycles. The predicted molar refractivity (Wildman–Crippen MR) is 97.8 cm³/mol. The second-order valence-electron chi connectivity index (χ2n) is 6.08. The Morgan fingerprint density at radius 2 is 1.52 bits per heavy atom. The number of hydrogen-bond acceptors (Lipinski definition) is 6. The maximum Gasteiger partial charge on any atom is 0.234 e. The van der Waals surface area contributed by atoms with Gasteiger partial charge in [0.2, 0.25) is 17.7 Å². The van der Waals surface area contributed by atoms with Gasteiger partial charge in [0, 0.05) is 39.0 Å². The van der Waals surface area contributed by atoms with Gasteiger partial charge in [-0.05, 0) is 12.1 Å². The second kappa shape index (κ2) is 10.4. The summed E-state index contributed by atoms with van der Waals surface area (Å²) in [5, 5.41) is 0. The number of para-hydroxylation sites is 2. The predicted octanol–water partition coefficient (Wildman–Crippen LogP) is -0.0950. The molecule has 0 saturated carbocycles. The normalized spacial score (nSPS) is 13.9. The molecule has 1 fully saturated rings. The van der Waals surface area contributed by atoms with Crippen LogP contribution in [0.25, 0.3) is 0 Å². The zero-order valence-corrected chi connectivity index (χ0v) is 15.5. The summed E-state index contributed by atoms with van der Waals surface area (Å²) < 4.78 is 10.8. The lowest BCUT2D eigenvalue weighted by Gasteiger charge is -2.34. The lowest BCUT2D eigenvalue weighted by atomic mass is 10.2. The highest BCUT2D eigenvalue weighted by Gasteiger charge is 2.24. The number of nitrogens with two attached hydrogens (primary N) is 1. The average molecular weight is 378 g/mol. The molecule has 0 unspecified atom stereocenters. The fourth-order valence-corrected chi connectivity index (χ4v) is 2.80. The smallest absolute Gasteiger partial charge is 0.234 e. The van der Waals surface area contributed by atoms with E-state index in [1.54, 1.807) is 29.0 Å². The summed E-state index contributed by atoms with van der Waals surface area (Å²) in [5.41, 5.74) is 2.00. The molecule has 0 bridgehead atoms. The standard InChI is InChI=1S/C18H26N4O5/c1-26-14-4-2-3-5-15(14)27-13-8-18(25)22-11-9-21(10-12-22)17(24)7-6-16(23)20-19/h2-5H,6-13,19H2,1H3,(H,20,23). The summed E-state index contributed by atoms with van der Waals surface area (Å²) >= 11 is 0. The van der Waals surface area contributed by atoms with Gasteiger partial charge >= 0.3 is 0 Å². The van der Waals surface area contributed by atoms with Crippen molar-refractivity contribution in [2.24, 2.45) is 5.84 Å². The molecule has 1 aromatic rings. The summed E-state index contributed by atoms with van der Waals surface area (Å²) in [6, 6.07) is 7.27. The molecule has 3 amide bonds. The van der Waals surface area contributed by atoms with Gasteiger partial charge in [-0.25, -0.2) is 5.84 Å².